The predicted molar refractivity (Wildman–Crippen MR) is 77.7 cm³/mol. The third-order valence-corrected chi connectivity index (χ3v) is 4.71. The minimum absolute atomic E-state index is 0.860. The standard InChI is InChI=1S/C15H31N3/c16-8-6-15-7-10-18(13-15)11-9-17-12-14-4-2-1-3-5-14/h14-15,17H,1-13,16H2. The second-order valence-electron chi connectivity index (χ2n) is 6.24. The van der Waals surface area contributed by atoms with Crippen molar-refractivity contribution >= 4 is 0 Å². The van der Waals surface area contributed by atoms with Crippen molar-refractivity contribution < 1.29 is 0 Å². The molecule has 1 saturated heterocycles. The first kappa shape index (κ1) is 14.3. The molecule has 0 aromatic rings. The minimum Gasteiger partial charge on any atom is -0.330 e. The summed E-state index contributed by atoms with van der Waals surface area (Å²) in [5, 5.41) is 3.66. The second-order valence-corrected chi connectivity index (χ2v) is 6.24. The fourth-order valence-electron chi connectivity index (χ4n) is 3.52. The van der Waals surface area contributed by atoms with E-state index in [1.54, 1.807) is 0 Å². The molecule has 0 aromatic carbocycles. The maximum absolute atomic E-state index is 5.63. The first-order valence-corrected chi connectivity index (χ1v) is 8.01. The first-order valence-electron chi connectivity index (χ1n) is 8.01. The monoisotopic (exact) mass is 253 g/mol. The highest BCUT2D eigenvalue weighted by Gasteiger charge is 2.21. The Kier molecular flexibility index (Phi) is 6.46. The third kappa shape index (κ3) is 4.87. The van der Waals surface area contributed by atoms with E-state index < -0.39 is 0 Å². The maximum atomic E-state index is 5.63. The average molecular weight is 253 g/mol. The number of hydrogen-bond donors (Lipinski definition) is 2. The molecule has 18 heavy (non-hydrogen) atoms. The SMILES string of the molecule is NCCC1CCN(CCNCC2CCCCC2)C1. The zero-order chi connectivity index (χ0) is 12.6. The quantitative estimate of drug-likeness (QED) is 0.680. The number of hydrogen-bond acceptors (Lipinski definition) is 3. The van der Waals surface area contributed by atoms with Gasteiger partial charge in [0, 0.05) is 19.6 Å². The van der Waals surface area contributed by atoms with Crippen molar-refractivity contribution in [3.05, 3.63) is 0 Å². The molecule has 1 saturated carbocycles. The van der Waals surface area contributed by atoms with Gasteiger partial charge in [-0.05, 0) is 57.2 Å². The van der Waals surface area contributed by atoms with Crippen LogP contribution in [0, 0.1) is 11.8 Å². The van der Waals surface area contributed by atoms with E-state index in [0.717, 1.165) is 18.4 Å². The van der Waals surface area contributed by atoms with Gasteiger partial charge in [0.15, 0.2) is 0 Å². The number of likely N-dealkylation sites (tertiary alicyclic amines) is 1. The van der Waals surface area contributed by atoms with E-state index in [1.165, 1.54) is 77.7 Å². The predicted octanol–water partition coefficient (Wildman–Crippen LogP) is 1.83. The van der Waals surface area contributed by atoms with Crippen molar-refractivity contribution in [2.24, 2.45) is 17.6 Å². The van der Waals surface area contributed by atoms with Gasteiger partial charge in [0.1, 0.15) is 0 Å². The molecule has 2 fully saturated rings. The average Bonchev–Trinajstić information content (AvgIpc) is 2.84. The van der Waals surface area contributed by atoms with Crippen molar-refractivity contribution in [3.8, 4) is 0 Å². The lowest BCUT2D eigenvalue weighted by Crippen LogP contribution is -2.33. The highest BCUT2D eigenvalue weighted by molar-refractivity contribution is 4.76. The maximum Gasteiger partial charge on any atom is 0.0107 e. The molecule has 3 N–H and O–H groups in total. The van der Waals surface area contributed by atoms with Gasteiger partial charge in [-0.2, -0.15) is 0 Å². The zero-order valence-electron chi connectivity index (χ0n) is 11.9. The van der Waals surface area contributed by atoms with E-state index in [2.05, 4.69) is 10.2 Å². The molecule has 1 aliphatic carbocycles. The molecule has 0 bridgehead atoms. The molecular weight excluding hydrogens is 222 g/mol. The summed E-state index contributed by atoms with van der Waals surface area (Å²) in [4.78, 5) is 2.61. The van der Waals surface area contributed by atoms with Crippen LogP contribution in [0.3, 0.4) is 0 Å². The summed E-state index contributed by atoms with van der Waals surface area (Å²) in [6.07, 6.45) is 9.86. The van der Waals surface area contributed by atoms with Gasteiger partial charge in [-0.15, -0.1) is 0 Å². The number of nitrogens with one attached hydrogen (secondary N) is 1. The van der Waals surface area contributed by atoms with Gasteiger partial charge < -0.3 is 16.0 Å². The van der Waals surface area contributed by atoms with Crippen LogP contribution in [0.25, 0.3) is 0 Å². The van der Waals surface area contributed by atoms with Crippen LogP contribution >= 0.6 is 0 Å². The highest BCUT2D eigenvalue weighted by Crippen LogP contribution is 2.22. The molecule has 2 aliphatic rings. The summed E-state index contributed by atoms with van der Waals surface area (Å²) in [6, 6.07) is 0. The first-order chi connectivity index (χ1) is 8.88. The molecule has 0 radical (unpaired) electrons. The molecular formula is C15H31N3. The molecule has 2 rings (SSSR count). The van der Waals surface area contributed by atoms with Crippen molar-refractivity contribution in [1.82, 2.24) is 10.2 Å². The summed E-state index contributed by atoms with van der Waals surface area (Å²) in [5.41, 5.74) is 5.63. The molecule has 3 nitrogen and oxygen atoms in total. The van der Waals surface area contributed by atoms with Crippen molar-refractivity contribution in [1.29, 1.82) is 0 Å². The Bertz CT molecular complexity index is 214. The van der Waals surface area contributed by atoms with Crippen LogP contribution < -0.4 is 11.1 Å². The summed E-state index contributed by atoms with van der Waals surface area (Å²) >= 11 is 0. The minimum atomic E-state index is 0.860. The van der Waals surface area contributed by atoms with Gasteiger partial charge in [0.2, 0.25) is 0 Å². The van der Waals surface area contributed by atoms with E-state index in [0.29, 0.717) is 0 Å². The Labute approximate surface area is 112 Å². The smallest absolute Gasteiger partial charge is 0.0107 e. The van der Waals surface area contributed by atoms with Gasteiger partial charge in [0.25, 0.3) is 0 Å². The van der Waals surface area contributed by atoms with Crippen molar-refractivity contribution in [2.45, 2.75) is 44.9 Å². The van der Waals surface area contributed by atoms with Crippen LogP contribution in [-0.4, -0.2) is 44.2 Å². The molecule has 0 aromatic heterocycles. The highest BCUT2D eigenvalue weighted by atomic mass is 15.2. The van der Waals surface area contributed by atoms with Crippen LogP contribution in [0.5, 0.6) is 0 Å². The number of nitrogens with zero attached hydrogens (tertiary/aromatic N) is 1. The lowest BCUT2D eigenvalue weighted by atomic mass is 9.89. The van der Waals surface area contributed by atoms with E-state index in [1.807, 2.05) is 0 Å². The third-order valence-electron chi connectivity index (χ3n) is 4.71. The van der Waals surface area contributed by atoms with Gasteiger partial charge in [-0.1, -0.05) is 19.3 Å². The Hall–Kier alpha value is -0.120. The zero-order valence-corrected chi connectivity index (χ0v) is 11.9. The molecule has 3 heteroatoms. The fraction of sp³-hybridized carbons (Fsp3) is 1.00. The Morgan fingerprint density at radius 2 is 1.89 bits per heavy atom. The lowest BCUT2D eigenvalue weighted by Gasteiger charge is -2.22. The fourth-order valence-corrected chi connectivity index (χ4v) is 3.52. The van der Waals surface area contributed by atoms with Gasteiger partial charge >= 0.3 is 0 Å². The van der Waals surface area contributed by atoms with Crippen molar-refractivity contribution in [3.63, 3.8) is 0 Å². The van der Waals surface area contributed by atoms with Crippen LogP contribution in [0.2, 0.25) is 0 Å². The van der Waals surface area contributed by atoms with E-state index in [-0.39, 0.29) is 0 Å². The molecule has 0 spiro atoms. The largest absolute Gasteiger partial charge is 0.330 e. The van der Waals surface area contributed by atoms with Crippen LogP contribution in [0.4, 0.5) is 0 Å². The van der Waals surface area contributed by atoms with E-state index >= 15 is 0 Å². The molecule has 1 unspecified atom stereocenters. The Morgan fingerprint density at radius 3 is 2.67 bits per heavy atom. The normalized spacial score (nSPS) is 26.8. The summed E-state index contributed by atoms with van der Waals surface area (Å²) in [7, 11) is 0. The van der Waals surface area contributed by atoms with Gasteiger partial charge in [-0.3, -0.25) is 0 Å². The second kappa shape index (κ2) is 8.13. The number of nitrogens with two attached hydrogens (primary N) is 1. The molecule has 1 aliphatic heterocycles. The van der Waals surface area contributed by atoms with E-state index in [9.17, 15) is 0 Å². The summed E-state index contributed by atoms with van der Waals surface area (Å²) in [5.74, 6) is 1.83. The van der Waals surface area contributed by atoms with Crippen LogP contribution in [0.1, 0.15) is 44.9 Å². The Balaban J connectivity index is 1.48. The lowest BCUT2D eigenvalue weighted by molar-refractivity contribution is 0.301. The molecule has 0 amide bonds. The number of rotatable bonds is 7. The van der Waals surface area contributed by atoms with Crippen LogP contribution in [0.15, 0.2) is 0 Å². The van der Waals surface area contributed by atoms with E-state index in [4.69, 9.17) is 5.73 Å². The topological polar surface area (TPSA) is 41.3 Å². The molecule has 106 valence electrons. The van der Waals surface area contributed by atoms with Crippen LogP contribution in [-0.2, 0) is 0 Å². The van der Waals surface area contributed by atoms with Gasteiger partial charge in [0.05, 0.1) is 0 Å². The molecule has 1 atom stereocenters. The summed E-state index contributed by atoms with van der Waals surface area (Å²) in [6.45, 7) is 7.08. The summed E-state index contributed by atoms with van der Waals surface area (Å²) < 4.78 is 0. The molecule has 1 heterocycles. The van der Waals surface area contributed by atoms with Gasteiger partial charge in [-0.25, -0.2) is 0 Å². The Morgan fingerprint density at radius 1 is 1.06 bits per heavy atom. The van der Waals surface area contributed by atoms with Crippen molar-refractivity contribution in [2.75, 3.05) is 39.3 Å².